The van der Waals surface area contributed by atoms with E-state index in [-0.39, 0.29) is 5.56 Å². The molecule has 0 aliphatic heterocycles. The number of hydrogen-bond donors (Lipinski definition) is 2. The third kappa shape index (κ3) is 2.94. The maximum atomic E-state index is 13.5. The summed E-state index contributed by atoms with van der Waals surface area (Å²) >= 11 is 0. The molecule has 2 rings (SSSR count). The highest BCUT2D eigenvalue weighted by molar-refractivity contribution is 5.23. The summed E-state index contributed by atoms with van der Waals surface area (Å²) in [7, 11) is 0. The Morgan fingerprint density at radius 3 is 2.28 bits per heavy atom. The van der Waals surface area contributed by atoms with Crippen LogP contribution in [-0.2, 0) is 6.42 Å². The minimum Gasteiger partial charge on any atom is -0.387 e. The minimum absolute atomic E-state index is 0.251. The molecule has 3 heteroatoms. The van der Waals surface area contributed by atoms with E-state index in [0.717, 1.165) is 5.56 Å². The Labute approximate surface area is 106 Å². The first-order chi connectivity index (χ1) is 8.68. The molecule has 0 saturated carbocycles. The van der Waals surface area contributed by atoms with E-state index in [1.807, 2.05) is 30.3 Å². The Hall–Kier alpha value is -1.71. The van der Waals surface area contributed by atoms with Gasteiger partial charge in [0, 0.05) is 11.6 Å². The molecule has 2 unspecified atom stereocenters. The van der Waals surface area contributed by atoms with Gasteiger partial charge in [0.2, 0.25) is 0 Å². The molecule has 18 heavy (non-hydrogen) atoms. The Bertz CT molecular complexity index is 501. The van der Waals surface area contributed by atoms with Crippen LogP contribution in [0.15, 0.2) is 54.6 Å². The van der Waals surface area contributed by atoms with Gasteiger partial charge in [0.15, 0.2) is 0 Å². The highest BCUT2D eigenvalue weighted by Gasteiger charge is 2.19. The van der Waals surface area contributed by atoms with E-state index in [2.05, 4.69) is 0 Å². The Morgan fingerprint density at radius 2 is 1.61 bits per heavy atom. The molecule has 0 aliphatic carbocycles. The SMILES string of the molecule is NC(Cc1ccccc1)C(O)c1ccccc1F. The molecule has 3 N–H and O–H groups in total. The van der Waals surface area contributed by atoms with E-state index in [9.17, 15) is 9.50 Å². The van der Waals surface area contributed by atoms with Gasteiger partial charge in [0.25, 0.3) is 0 Å². The van der Waals surface area contributed by atoms with Gasteiger partial charge in [0.05, 0.1) is 6.10 Å². The Kier molecular flexibility index (Phi) is 4.07. The van der Waals surface area contributed by atoms with Gasteiger partial charge < -0.3 is 10.8 Å². The molecule has 0 heterocycles. The summed E-state index contributed by atoms with van der Waals surface area (Å²) < 4.78 is 13.5. The molecular weight excluding hydrogens is 229 g/mol. The van der Waals surface area contributed by atoms with Crippen LogP contribution in [0, 0.1) is 5.82 Å². The number of rotatable bonds is 4. The Morgan fingerprint density at radius 1 is 1.00 bits per heavy atom. The van der Waals surface area contributed by atoms with Crippen LogP contribution >= 0.6 is 0 Å². The third-order valence-corrected chi connectivity index (χ3v) is 2.94. The number of aliphatic hydroxyl groups excluding tert-OH is 1. The molecule has 0 aliphatic rings. The average Bonchev–Trinajstić information content (AvgIpc) is 2.39. The largest absolute Gasteiger partial charge is 0.387 e. The molecule has 0 radical (unpaired) electrons. The summed E-state index contributed by atoms with van der Waals surface area (Å²) in [6, 6.07) is 15.3. The van der Waals surface area contributed by atoms with Crippen LogP contribution < -0.4 is 5.73 Å². The predicted octanol–water partition coefficient (Wildman–Crippen LogP) is 2.43. The van der Waals surface area contributed by atoms with E-state index in [1.165, 1.54) is 6.07 Å². The predicted molar refractivity (Wildman–Crippen MR) is 69.5 cm³/mol. The zero-order chi connectivity index (χ0) is 13.0. The van der Waals surface area contributed by atoms with Crippen molar-refractivity contribution >= 4 is 0 Å². The number of aliphatic hydroxyl groups is 1. The fourth-order valence-electron chi connectivity index (χ4n) is 1.94. The zero-order valence-corrected chi connectivity index (χ0v) is 9.96. The summed E-state index contributed by atoms with van der Waals surface area (Å²) in [5.74, 6) is -0.423. The smallest absolute Gasteiger partial charge is 0.129 e. The summed E-state index contributed by atoms with van der Waals surface area (Å²) in [6.45, 7) is 0. The van der Waals surface area contributed by atoms with E-state index in [0.29, 0.717) is 6.42 Å². The van der Waals surface area contributed by atoms with Crippen molar-refractivity contribution in [1.29, 1.82) is 0 Å². The van der Waals surface area contributed by atoms with Crippen LogP contribution in [0.1, 0.15) is 17.2 Å². The van der Waals surface area contributed by atoms with Crippen molar-refractivity contribution in [1.82, 2.24) is 0 Å². The Balaban J connectivity index is 2.10. The molecule has 94 valence electrons. The van der Waals surface area contributed by atoms with Crippen molar-refractivity contribution in [3.63, 3.8) is 0 Å². The molecular formula is C15H16FNO. The van der Waals surface area contributed by atoms with Crippen molar-refractivity contribution in [3.8, 4) is 0 Å². The van der Waals surface area contributed by atoms with Gasteiger partial charge in [-0.3, -0.25) is 0 Å². The fourth-order valence-corrected chi connectivity index (χ4v) is 1.94. The lowest BCUT2D eigenvalue weighted by Gasteiger charge is -2.19. The monoisotopic (exact) mass is 245 g/mol. The van der Waals surface area contributed by atoms with E-state index >= 15 is 0 Å². The average molecular weight is 245 g/mol. The van der Waals surface area contributed by atoms with Crippen LogP contribution in [0.5, 0.6) is 0 Å². The van der Waals surface area contributed by atoms with Crippen molar-refractivity contribution in [2.24, 2.45) is 5.73 Å². The lowest BCUT2D eigenvalue weighted by molar-refractivity contribution is 0.142. The van der Waals surface area contributed by atoms with E-state index in [4.69, 9.17) is 5.73 Å². The van der Waals surface area contributed by atoms with E-state index in [1.54, 1.807) is 18.2 Å². The molecule has 0 amide bonds. The second-order valence-corrected chi connectivity index (χ2v) is 4.32. The first kappa shape index (κ1) is 12.7. The van der Waals surface area contributed by atoms with Crippen LogP contribution in [-0.4, -0.2) is 11.1 Å². The lowest BCUT2D eigenvalue weighted by Crippen LogP contribution is -2.31. The molecule has 0 aromatic heterocycles. The van der Waals surface area contributed by atoms with Crippen molar-refractivity contribution < 1.29 is 9.50 Å². The first-order valence-electron chi connectivity index (χ1n) is 5.90. The highest BCUT2D eigenvalue weighted by atomic mass is 19.1. The van der Waals surface area contributed by atoms with Crippen LogP contribution in [0.3, 0.4) is 0 Å². The number of hydrogen-bond acceptors (Lipinski definition) is 2. The second-order valence-electron chi connectivity index (χ2n) is 4.32. The standard InChI is InChI=1S/C15H16FNO/c16-13-9-5-4-8-12(13)15(18)14(17)10-11-6-2-1-3-7-11/h1-9,14-15,18H,10,17H2. The van der Waals surface area contributed by atoms with Gasteiger partial charge in [-0.25, -0.2) is 4.39 Å². The second kappa shape index (κ2) is 5.76. The molecule has 2 aromatic carbocycles. The van der Waals surface area contributed by atoms with Gasteiger partial charge in [-0.1, -0.05) is 48.5 Å². The molecule has 0 saturated heterocycles. The summed E-state index contributed by atoms with van der Waals surface area (Å²) in [6.07, 6.45) is -0.484. The fraction of sp³-hybridized carbons (Fsp3) is 0.200. The van der Waals surface area contributed by atoms with Gasteiger partial charge in [-0.2, -0.15) is 0 Å². The van der Waals surface area contributed by atoms with Gasteiger partial charge >= 0.3 is 0 Å². The first-order valence-corrected chi connectivity index (χ1v) is 5.90. The quantitative estimate of drug-likeness (QED) is 0.869. The van der Waals surface area contributed by atoms with Crippen LogP contribution in [0.2, 0.25) is 0 Å². The zero-order valence-electron chi connectivity index (χ0n) is 9.96. The molecule has 2 nitrogen and oxygen atoms in total. The van der Waals surface area contributed by atoms with Gasteiger partial charge in [0.1, 0.15) is 5.82 Å². The summed E-state index contributed by atoms with van der Waals surface area (Å²) in [5, 5.41) is 10.1. The van der Waals surface area contributed by atoms with E-state index < -0.39 is 18.0 Å². The summed E-state index contributed by atoms with van der Waals surface area (Å²) in [5.41, 5.74) is 7.21. The number of halogens is 1. The molecule has 0 spiro atoms. The number of benzene rings is 2. The molecule has 2 aromatic rings. The summed E-state index contributed by atoms with van der Waals surface area (Å²) in [4.78, 5) is 0. The van der Waals surface area contributed by atoms with Crippen molar-refractivity contribution in [2.45, 2.75) is 18.6 Å². The van der Waals surface area contributed by atoms with Gasteiger partial charge in [-0.05, 0) is 18.1 Å². The van der Waals surface area contributed by atoms with Crippen molar-refractivity contribution in [2.75, 3.05) is 0 Å². The van der Waals surface area contributed by atoms with Crippen LogP contribution in [0.4, 0.5) is 4.39 Å². The maximum absolute atomic E-state index is 13.5. The number of nitrogens with two attached hydrogens (primary N) is 1. The molecule has 0 bridgehead atoms. The normalized spacial score (nSPS) is 14.2. The molecule has 2 atom stereocenters. The van der Waals surface area contributed by atoms with Gasteiger partial charge in [-0.15, -0.1) is 0 Å². The topological polar surface area (TPSA) is 46.2 Å². The highest BCUT2D eigenvalue weighted by Crippen LogP contribution is 2.21. The van der Waals surface area contributed by atoms with Crippen molar-refractivity contribution in [3.05, 3.63) is 71.5 Å². The lowest BCUT2D eigenvalue weighted by atomic mass is 9.96. The minimum atomic E-state index is -0.994. The maximum Gasteiger partial charge on any atom is 0.129 e. The molecule has 0 fully saturated rings. The third-order valence-electron chi connectivity index (χ3n) is 2.94. The van der Waals surface area contributed by atoms with Crippen LogP contribution in [0.25, 0.3) is 0 Å².